The van der Waals surface area contributed by atoms with Crippen LogP contribution in [0.15, 0.2) is 48.7 Å². The van der Waals surface area contributed by atoms with Crippen LogP contribution in [0.2, 0.25) is 0 Å². The van der Waals surface area contributed by atoms with Crippen molar-refractivity contribution in [3.8, 4) is 0 Å². The summed E-state index contributed by atoms with van der Waals surface area (Å²) in [6.07, 6.45) is 6.85. The highest BCUT2D eigenvalue weighted by Gasteiger charge is 2.22. The lowest BCUT2D eigenvalue weighted by Crippen LogP contribution is -2.34. The van der Waals surface area contributed by atoms with Gasteiger partial charge >= 0.3 is 6.03 Å². The number of nitrogens with one attached hydrogen (secondary N) is 2. The quantitative estimate of drug-likeness (QED) is 0.737. The number of nitrogens with zero attached hydrogens (tertiary/aromatic N) is 2. The summed E-state index contributed by atoms with van der Waals surface area (Å²) in [7, 11) is 1.72. The average molecular weight is 380 g/mol. The highest BCUT2D eigenvalue weighted by molar-refractivity contribution is 5.89. The van der Waals surface area contributed by atoms with Gasteiger partial charge in [-0.25, -0.2) is 4.79 Å². The van der Waals surface area contributed by atoms with Crippen LogP contribution in [0.3, 0.4) is 0 Å². The van der Waals surface area contributed by atoms with Gasteiger partial charge in [-0.1, -0.05) is 24.3 Å². The third kappa shape index (κ3) is 6.48. The van der Waals surface area contributed by atoms with E-state index in [1.807, 2.05) is 54.6 Å². The summed E-state index contributed by atoms with van der Waals surface area (Å²) in [6, 6.07) is 13.4. The summed E-state index contributed by atoms with van der Waals surface area (Å²) in [5.74, 6) is 0.502. The molecule has 1 atom stereocenters. The van der Waals surface area contributed by atoms with Crippen molar-refractivity contribution in [1.29, 1.82) is 0 Å². The van der Waals surface area contributed by atoms with Gasteiger partial charge in [0.25, 0.3) is 0 Å². The minimum Gasteiger partial charge on any atom is -0.383 e. The first kappa shape index (κ1) is 20.0. The normalized spacial score (nSPS) is 17.1. The van der Waals surface area contributed by atoms with E-state index in [9.17, 15) is 4.79 Å². The van der Waals surface area contributed by atoms with Gasteiger partial charge in [-0.2, -0.15) is 0 Å². The molecule has 0 spiro atoms. The summed E-state index contributed by atoms with van der Waals surface area (Å²) in [5, 5.41) is 5.87. The van der Waals surface area contributed by atoms with E-state index in [-0.39, 0.29) is 6.03 Å². The predicted octanol–water partition coefficient (Wildman–Crippen LogP) is 3.34. The minimum absolute atomic E-state index is 0.160. The number of amides is 2. The number of likely N-dealkylation sites (tertiary alicyclic amines) is 1. The Kier molecular flexibility index (Phi) is 7.58. The summed E-state index contributed by atoms with van der Waals surface area (Å²) >= 11 is 0. The van der Waals surface area contributed by atoms with Gasteiger partial charge in [0.1, 0.15) is 0 Å². The summed E-state index contributed by atoms with van der Waals surface area (Å²) in [4.78, 5) is 18.8. The SMILES string of the molecule is COCCN1CC[C@@H](CNC(=O)Nc2ccc(/C=C/c3ccccn3)cc2)C1. The Morgan fingerprint density at radius 3 is 2.86 bits per heavy atom. The number of benzene rings is 1. The third-order valence-electron chi connectivity index (χ3n) is 4.84. The number of urea groups is 1. The maximum Gasteiger partial charge on any atom is 0.319 e. The number of carbonyl (C=O) groups is 1. The third-order valence-corrected chi connectivity index (χ3v) is 4.84. The van der Waals surface area contributed by atoms with Gasteiger partial charge in [-0.3, -0.25) is 4.98 Å². The lowest BCUT2D eigenvalue weighted by molar-refractivity contribution is 0.159. The lowest BCUT2D eigenvalue weighted by atomic mass is 10.1. The molecule has 3 rings (SSSR count). The fourth-order valence-electron chi connectivity index (χ4n) is 3.25. The largest absolute Gasteiger partial charge is 0.383 e. The van der Waals surface area contributed by atoms with E-state index in [0.29, 0.717) is 12.5 Å². The maximum atomic E-state index is 12.1. The molecule has 1 saturated heterocycles. The number of aromatic nitrogens is 1. The minimum atomic E-state index is -0.160. The molecule has 2 amide bonds. The highest BCUT2D eigenvalue weighted by Crippen LogP contribution is 2.15. The van der Waals surface area contributed by atoms with Gasteiger partial charge in [-0.15, -0.1) is 0 Å². The van der Waals surface area contributed by atoms with Crippen molar-refractivity contribution < 1.29 is 9.53 Å². The van der Waals surface area contributed by atoms with Crippen molar-refractivity contribution in [2.45, 2.75) is 6.42 Å². The molecule has 1 aromatic carbocycles. The van der Waals surface area contributed by atoms with Crippen molar-refractivity contribution in [1.82, 2.24) is 15.2 Å². The molecule has 0 aliphatic carbocycles. The number of anilines is 1. The zero-order valence-corrected chi connectivity index (χ0v) is 16.3. The topological polar surface area (TPSA) is 66.5 Å². The summed E-state index contributed by atoms with van der Waals surface area (Å²) in [5.41, 5.74) is 2.75. The standard InChI is InChI=1S/C22H28N4O2/c1-28-15-14-26-13-11-19(17-26)16-24-22(27)25-21-9-6-18(7-10-21)5-8-20-4-2-3-12-23-20/h2-10,12,19H,11,13-17H2,1H3,(H2,24,25,27)/b8-5+/t19-/m0/s1. The molecule has 2 aromatic rings. The average Bonchev–Trinajstić information content (AvgIpc) is 3.19. The molecule has 28 heavy (non-hydrogen) atoms. The van der Waals surface area contributed by atoms with Crippen LogP contribution in [0, 0.1) is 5.92 Å². The first-order chi connectivity index (χ1) is 13.7. The zero-order valence-electron chi connectivity index (χ0n) is 16.3. The number of carbonyl (C=O) groups excluding carboxylic acids is 1. The number of hydrogen-bond donors (Lipinski definition) is 2. The number of pyridine rings is 1. The maximum absolute atomic E-state index is 12.1. The van der Waals surface area contributed by atoms with E-state index in [1.165, 1.54) is 0 Å². The molecule has 0 saturated carbocycles. The van der Waals surface area contributed by atoms with E-state index in [0.717, 1.165) is 49.6 Å². The van der Waals surface area contributed by atoms with E-state index in [2.05, 4.69) is 20.5 Å². The Morgan fingerprint density at radius 1 is 1.25 bits per heavy atom. The van der Waals surface area contributed by atoms with Gasteiger partial charge < -0.3 is 20.3 Å². The van der Waals surface area contributed by atoms with Crippen LogP contribution < -0.4 is 10.6 Å². The molecule has 6 heteroatoms. The first-order valence-electron chi connectivity index (χ1n) is 9.68. The smallest absolute Gasteiger partial charge is 0.319 e. The van der Waals surface area contributed by atoms with E-state index in [4.69, 9.17) is 4.74 Å². The molecule has 0 bridgehead atoms. The Bertz CT molecular complexity index is 762. The van der Waals surface area contributed by atoms with Crippen molar-refractivity contribution in [2.24, 2.45) is 5.92 Å². The lowest BCUT2D eigenvalue weighted by Gasteiger charge is -2.15. The van der Waals surface area contributed by atoms with Crippen LogP contribution in [0.4, 0.5) is 10.5 Å². The molecule has 6 nitrogen and oxygen atoms in total. The molecular formula is C22H28N4O2. The van der Waals surface area contributed by atoms with Gasteiger partial charge in [0, 0.05) is 38.6 Å². The Balaban J connectivity index is 1.40. The summed E-state index contributed by atoms with van der Waals surface area (Å²) in [6.45, 7) is 4.50. The highest BCUT2D eigenvalue weighted by atomic mass is 16.5. The number of ether oxygens (including phenoxy) is 1. The fraction of sp³-hybridized carbons (Fsp3) is 0.364. The number of methoxy groups -OCH3 is 1. The van der Waals surface area contributed by atoms with Crippen LogP contribution >= 0.6 is 0 Å². The number of rotatable bonds is 8. The van der Waals surface area contributed by atoms with E-state index >= 15 is 0 Å². The molecule has 2 heterocycles. The van der Waals surface area contributed by atoms with Gasteiger partial charge in [0.2, 0.25) is 0 Å². The van der Waals surface area contributed by atoms with Gasteiger partial charge in [0.15, 0.2) is 0 Å². The Labute approximate surface area is 166 Å². The molecule has 1 aliphatic heterocycles. The van der Waals surface area contributed by atoms with Crippen LogP contribution in [0.25, 0.3) is 12.2 Å². The van der Waals surface area contributed by atoms with Gasteiger partial charge in [-0.05, 0) is 54.8 Å². The monoisotopic (exact) mass is 380 g/mol. The second-order valence-corrected chi connectivity index (χ2v) is 6.99. The Morgan fingerprint density at radius 2 is 2.11 bits per heavy atom. The molecule has 1 aromatic heterocycles. The molecular weight excluding hydrogens is 352 g/mol. The zero-order chi connectivity index (χ0) is 19.6. The molecule has 148 valence electrons. The van der Waals surface area contributed by atoms with E-state index < -0.39 is 0 Å². The molecule has 1 fully saturated rings. The molecule has 0 radical (unpaired) electrons. The van der Waals surface area contributed by atoms with Crippen molar-refractivity contribution in [2.75, 3.05) is 45.2 Å². The van der Waals surface area contributed by atoms with Crippen LogP contribution in [-0.2, 0) is 4.74 Å². The fourth-order valence-corrected chi connectivity index (χ4v) is 3.25. The van der Waals surface area contributed by atoms with Crippen LogP contribution in [0.5, 0.6) is 0 Å². The second-order valence-electron chi connectivity index (χ2n) is 6.99. The van der Waals surface area contributed by atoms with Crippen LogP contribution in [-0.4, -0.2) is 55.8 Å². The predicted molar refractivity (Wildman–Crippen MR) is 113 cm³/mol. The van der Waals surface area contributed by atoms with Crippen molar-refractivity contribution in [3.63, 3.8) is 0 Å². The molecule has 0 unspecified atom stereocenters. The van der Waals surface area contributed by atoms with Crippen molar-refractivity contribution in [3.05, 3.63) is 59.9 Å². The van der Waals surface area contributed by atoms with Gasteiger partial charge in [0.05, 0.1) is 12.3 Å². The Hall–Kier alpha value is -2.70. The summed E-state index contributed by atoms with van der Waals surface area (Å²) < 4.78 is 5.12. The van der Waals surface area contributed by atoms with Crippen molar-refractivity contribution >= 4 is 23.9 Å². The number of hydrogen-bond acceptors (Lipinski definition) is 4. The first-order valence-corrected chi connectivity index (χ1v) is 9.68. The second kappa shape index (κ2) is 10.6. The molecule has 1 aliphatic rings. The van der Waals surface area contributed by atoms with Crippen LogP contribution in [0.1, 0.15) is 17.7 Å². The molecule has 2 N–H and O–H groups in total. The van der Waals surface area contributed by atoms with E-state index in [1.54, 1.807) is 13.3 Å².